The molecule has 0 saturated heterocycles. The second-order valence-electron chi connectivity index (χ2n) is 5.61. The third-order valence-electron chi connectivity index (χ3n) is 4.05. The van der Waals surface area contributed by atoms with Crippen molar-refractivity contribution in [1.82, 2.24) is 4.90 Å². The highest BCUT2D eigenvalue weighted by atomic mass is 16.4. The molecule has 3 rings (SSSR count). The van der Waals surface area contributed by atoms with Gasteiger partial charge in [0, 0.05) is 18.5 Å². The van der Waals surface area contributed by atoms with Gasteiger partial charge in [0.1, 0.15) is 11.1 Å². The van der Waals surface area contributed by atoms with Gasteiger partial charge in [-0.05, 0) is 31.0 Å². The maximum atomic E-state index is 12.7. The summed E-state index contributed by atoms with van der Waals surface area (Å²) in [7, 11) is 0. The number of hydrogen-bond acceptors (Lipinski definition) is 3. The number of benzene rings is 2. The van der Waals surface area contributed by atoms with Gasteiger partial charge in [0.2, 0.25) is 0 Å². The smallest absolute Gasteiger partial charge is 0.349 e. The highest BCUT2D eigenvalue weighted by Gasteiger charge is 2.19. The summed E-state index contributed by atoms with van der Waals surface area (Å²) in [4.78, 5) is 26.6. The summed E-state index contributed by atoms with van der Waals surface area (Å²) in [6.45, 7) is 3.01. The van der Waals surface area contributed by atoms with Gasteiger partial charge in [-0.15, -0.1) is 0 Å². The predicted octanol–water partition coefficient (Wildman–Crippen LogP) is 3.50. The lowest BCUT2D eigenvalue weighted by Crippen LogP contribution is -2.35. The number of para-hydroxylation sites is 1. The Kier molecular flexibility index (Phi) is 4.75. The van der Waals surface area contributed by atoms with Gasteiger partial charge in [-0.25, -0.2) is 4.79 Å². The monoisotopic (exact) mass is 321 g/mol. The van der Waals surface area contributed by atoms with Crippen molar-refractivity contribution in [1.29, 1.82) is 0 Å². The van der Waals surface area contributed by atoms with Gasteiger partial charge in [0.15, 0.2) is 0 Å². The molecule has 0 atom stereocenters. The minimum absolute atomic E-state index is 0.0867. The van der Waals surface area contributed by atoms with E-state index >= 15 is 0 Å². The fourth-order valence-electron chi connectivity index (χ4n) is 2.69. The van der Waals surface area contributed by atoms with E-state index in [0.29, 0.717) is 18.7 Å². The van der Waals surface area contributed by atoms with Gasteiger partial charge < -0.3 is 9.32 Å². The average molecular weight is 321 g/mol. The molecule has 122 valence electrons. The van der Waals surface area contributed by atoms with Crippen molar-refractivity contribution in [2.75, 3.05) is 13.1 Å². The van der Waals surface area contributed by atoms with Crippen molar-refractivity contribution in [2.45, 2.75) is 13.3 Å². The number of hydrogen-bond donors (Lipinski definition) is 0. The summed E-state index contributed by atoms with van der Waals surface area (Å²) in [5, 5.41) is 0.750. The Hall–Kier alpha value is -2.88. The van der Waals surface area contributed by atoms with Crippen LogP contribution in [0.3, 0.4) is 0 Å². The quantitative estimate of drug-likeness (QED) is 0.676. The largest absolute Gasteiger partial charge is 0.422 e. The van der Waals surface area contributed by atoms with Gasteiger partial charge in [0.25, 0.3) is 5.91 Å². The molecule has 1 aromatic heterocycles. The Morgan fingerprint density at radius 2 is 1.75 bits per heavy atom. The standard InChI is InChI=1S/C20H19NO3/c1-2-21(13-12-15-8-4-3-5-9-15)19(22)17-14-16-10-6-7-11-18(16)24-20(17)23/h3-11,14H,2,12-13H2,1H3. The molecule has 0 bridgehead atoms. The molecule has 4 heteroatoms. The number of nitrogens with zero attached hydrogens (tertiary/aromatic N) is 1. The van der Waals surface area contributed by atoms with Crippen LogP contribution >= 0.6 is 0 Å². The highest BCUT2D eigenvalue weighted by Crippen LogP contribution is 2.14. The summed E-state index contributed by atoms with van der Waals surface area (Å²) in [6, 6.07) is 18.8. The summed E-state index contributed by atoms with van der Waals surface area (Å²) in [6.07, 6.45) is 0.749. The van der Waals surface area contributed by atoms with Crippen LogP contribution in [0.25, 0.3) is 11.0 Å². The van der Waals surface area contributed by atoms with E-state index in [9.17, 15) is 9.59 Å². The fraction of sp³-hybridized carbons (Fsp3) is 0.200. The maximum absolute atomic E-state index is 12.7. The Morgan fingerprint density at radius 1 is 1.04 bits per heavy atom. The first kappa shape index (κ1) is 16.0. The fourth-order valence-corrected chi connectivity index (χ4v) is 2.69. The van der Waals surface area contributed by atoms with E-state index in [0.717, 1.165) is 17.4 Å². The first-order valence-electron chi connectivity index (χ1n) is 8.05. The van der Waals surface area contributed by atoms with Crippen molar-refractivity contribution in [3.63, 3.8) is 0 Å². The van der Waals surface area contributed by atoms with E-state index in [1.165, 1.54) is 0 Å². The van der Waals surface area contributed by atoms with Gasteiger partial charge in [-0.3, -0.25) is 4.79 Å². The Balaban J connectivity index is 1.83. The van der Waals surface area contributed by atoms with Gasteiger partial charge in [0.05, 0.1) is 0 Å². The molecule has 0 N–H and O–H groups in total. The van der Waals surface area contributed by atoms with E-state index < -0.39 is 5.63 Å². The zero-order valence-electron chi connectivity index (χ0n) is 13.6. The van der Waals surface area contributed by atoms with Crippen molar-refractivity contribution in [2.24, 2.45) is 0 Å². The summed E-state index contributed by atoms with van der Waals surface area (Å²) < 4.78 is 5.27. The number of amides is 1. The summed E-state index contributed by atoms with van der Waals surface area (Å²) in [5.41, 5.74) is 1.15. The highest BCUT2D eigenvalue weighted by molar-refractivity contribution is 5.96. The molecule has 0 aliphatic rings. The third-order valence-corrected chi connectivity index (χ3v) is 4.05. The number of carbonyl (C=O) groups is 1. The Bertz CT molecular complexity index is 899. The average Bonchev–Trinajstić information content (AvgIpc) is 2.62. The number of fused-ring (bicyclic) bond motifs is 1. The first-order valence-corrected chi connectivity index (χ1v) is 8.05. The van der Waals surface area contributed by atoms with Crippen molar-refractivity contribution in [3.05, 3.63) is 82.2 Å². The molecule has 1 heterocycles. The van der Waals surface area contributed by atoms with Crippen LogP contribution in [-0.4, -0.2) is 23.9 Å². The minimum Gasteiger partial charge on any atom is -0.422 e. The molecule has 0 saturated carbocycles. The second-order valence-corrected chi connectivity index (χ2v) is 5.61. The minimum atomic E-state index is -0.586. The molecule has 0 aliphatic carbocycles. The zero-order valence-corrected chi connectivity index (χ0v) is 13.6. The predicted molar refractivity (Wildman–Crippen MR) is 94.2 cm³/mol. The third kappa shape index (κ3) is 3.38. The first-order chi connectivity index (χ1) is 11.7. The molecule has 0 aliphatic heterocycles. The molecule has 0 radical (unpaired) electrons. The Labute approximate surface area is 140 Å². The van der Waals surface area contributed by atoms with Crippen LogP contribution < -0.4 is 5.63 Å². The molecule has 0 unspecified atom stereocenters. The van der Waals surface area contributed by atoms with Crippen LogP contribution in [0, 0.1) is 0 Å². The maximum Gasteiger partial charge on any atom is 0.349 e. The van der Waals surface area contributed by atoms with Gasteiger partial charge in [-0.1, -0.05) is 48.5 Å². The van der Waals surface area contributed by atoms with Crippen LogP contribution in [0.15, 0.2) is 69.9 Å². The van der Waals surface area contributed by atoms with Crippen molar-refractivity contribution < 1.29 is 9.21 Å². The normalized spacial score (nSPS) is 10.7. The molecule has 0 spiro atoms. The van der Waals surface area contributed by atoms with Crippen LogP contribution in [0.2, 0.25) is 0 Å². The second kappa shape index (κ2) is 7.13. The van der Waals surface area contributed by atoms with Crippen LogP contribution in [0.5, 0.6) is 0 Å². The number of rotatable bonds is 5. The van der Waals surface area contributed by atoms with Gasteiger partial charge >= 0.3 is 5.63 Å². The molecular formula is C20H19NO3. The molecule has 24 heavy (non-hydrogen) atoms. The van der Waals surface area contributed by atoms with E-state index in [1.807, 2.05) is 49.4 Å². The van der Waals surface area contributed by atoms with Crippen LogP contribution in [-0.2, 0) is 6.42 Å². The molecule has 3 aromatic rings. The Morgan fingerprint density at radius 3 is 2.50 bits per heavy atom. The van der Waals surface area contributed by atoms with Crippen LogP contribution in [0.1, 0.15) is 22.8 Å². The molecule has 0 fully saturated rings. The van der Waals surface area contributed by atoms with E-state index in [1.54, 1.807) is 23.1 Å². The SMILES string of the molecule is CCN(CCc1ccccc1)C(=O)c1cc2ccccc2oc1=O. The van der Waals surface area contributed by atoms with Crippen LogP contribution in [0.4, 0.5) is 0 Å². The van der Waals surface area contributed by atoms with Crippen molar-refractivity contribution in [3.8, 4) is 0 Å². The zero-order chi connectivity index (χ0) is 16.9. The van der Waals surface area contributed by atoms with Gasteiger partial charge in [-0.2, -0.15) is 0 Å². The number of likely N-dealkylation sites (N-methyl/N-ethyl adjacent to an activating group) is 1. The van der Waals surface area contributed by atoms with Crippen molar-refractivity contribution >= 4 is 16.9 Å². The summed E-state index contributed by atoms with van der Waals surface area (Å²) in [5.74, 6) is -0.284. The van der Waals surface area contributed by atoms with E-state index in [-0.39, 0.29) is 11.5 Å². The number of carbonyl (C=O) groups excluding carboxylic acids is 1. The lowest BCUT2D eigenvalue weighted by Gasteiger charge is -2.20. The topological polar surface area (TPSA) is 50.5 Å². The molecule has 1 amide bonds. The van der Waals surface area contributed by atoms with E-state index in [2.05, 4.69) is 0 Å². The van der Waals surface area contributed by atoms with E-state index in [4.69, 9.17) is 4.42 Å². The lowest BCUT2D eigenvalue weighted by molar-refractivity contribution is 0.0762. The molecule has 4 nitrogen and oxygen atoms in total. The molecule has 2 aromatic carbocycles. The molecular weight excluding hydrogens is 302 g/mol. The summed E-state index contributed by atoms with van der Waals surface area (Å²) >= 11 is 0. The lowest BCUT2D eigenvalue weighted by atomic mass is 10.1.